The molecule has 1 aliphatic carbocycles. The highest BCUT2D eigenvalue weighted by Gasteiger charge is 2.44. The third kappa shape index (κ3) is 2.96. The Hall–Kier alpha value is -1.78. The molecule has 1 saturated carbocycles. The largest absolute Gasteiger partial charge is 0.467 e. The molecule has 3 rings (SSSR count). The minimum Gasteiger partial charge on any atom is -0.467 e. The number of hydrogen-bond donors (Lipinski definition) is 2. The molecule has 0 saturated heterocycles. The van der Waals surface area contributed by atoms with Crippen molar-refractivity contribution in [2.24, 2.45) is 5.73 Å². The van der Waals surface area contributed by atoms with Crippen LogP contribution in [0.25, 0.3) is 0 Å². The highest BCUT2D eigenvalue weighted by atomic mass is 35.5. The summed E-state index contributed by atoms with van der Waals surface area (Å²) in [4.78, 5) is 12.1. The summed E-state index contributed by atoms with van der Waals surface area (Å²) < 4.78 is 5.18. The molecule has 0 atom stereocenters. The Balaban J connectivity index is 1.66. The van der Waals surface area contributed by atoms with Crippen LogP contribution in [0.4, 0.5) is 0 Å². The molecule has 0 bridgehead atoms. The molecule has 1 heterocycles. The zero-order valence-corrected chi connectivity index (χ0v) is 12.3. The summed E-state index contributed by atoms with van der Waals surface area (Å²) in [7, 11) is 0. The summed E-state index contributed by atoms with van der Waals surface area (Å²) in [5.41, 5.74) is 7.19. The van der Waals surface area contributed by atoms with E-state index in [9.17, 15) is 4.79 Å². The van der Waals surface area contributed by atoms with Crippen molar-refractivity contribution < 1.29 is 9.21 Å². The van der Waals surface area contributed by atoms with E-state index in [2.05, 4.69) is 11.4 Å². The molecule has 5 heteroatoms. The van der Waals surface area contributed by atoms with Gasteiger partial charge in [0.25, 0.3) is 5.91 Å². The van der Waals surface area contributed by atoms with Crippen molar-refractivity contribution in [2.45, 2.75) is 24.8 Å². The average molecular weight is 305 g/mol. The number of amides is 1. The van der Waals surface area contributed by atoms with Crippen LogP contribution in [0, 0.1) is 0 Å². The van der Waals surface area contributed by atoms with Gasteiger partial charge in [-0.1, -0.05) is 23.7 Å². The van der Waals surface area contributed by atoms with E-state index in [1.54, 1.807) is 6.07 Å². The fourth-order valence-electron chi connectivity index (χ4n) is 2.50. The third-order valence-electron chi connectivity index (χ3n) is 4.00. The van der Waals surface area contributed by atoms with Gasteiger partial charge in [0.15, 0.2) is 0 Å². The van der Waals surface area contributed by atoms with Crippen LogP contribution in [0.1, 0.15) is 34.5 Å². The summed E-state index contributed by atoms with van der Waals surface area (Å²) in [6.07, 6.45) is 3.57. The number of rotatable bonds is 5. The van der Waals surface area contributed by atoms with E-state index < -0.39 is 0 Å². The Kier molecular flexibility index (Phi) is 3.74. The predicted molar refractivity (Wildman–Crippen MR) is 81.3 cm³/mol. The standard InChI is InChI=1S/C16H17ClN2O2/c17-13-3-1-2-12(7-13)16(4-5-16)10-19-15(20)11-6-14(8-18)21-9-11/h1-3,6-7,9H,4-5,8,10,18H2,(H,19,20). The van der Waals surface area contributed by atoms with Gasteiger partial charge in [0.2, 0.25) is 0 Å². The Bertz CT molecular complexity index is 662. The lowest BCUT2D eigenvalue weighted by Gasteiger charge is -2.16. The van der Waals surface area contributed by atoms with Crippen molar-refractivity contribution in [1.82, 2.24) is 5.32 Å². The summed E-state index contributed by atoms with van der Waals surface area (Å²) in [6, 6.07) is 9.53. The molecule has 0 spiro atoms. The van der Waals surface area contributed by atoms with Crippen molar-refractivity contribution in [1.29, 1.82) is 0 Å². The third-order valence-corrected chi connectivity index (χ3v) is 4.23. The van der Waals surface area contributed by atoms with Gasteiger partial charge < -0.3 is 15.5 Å². The SMILES string of the molecule is NCc1cc(C(=O)NCC2(c3cccc(Cl)c3)CC2)co1. The van der Waals surface area contributed by atoms with Crippen molar-refractivity contribution in [3.05, 3.63) is 58.5 Å². The summed E-state index contributed by atoms with van der Waals surface area (Å²) in [5.74, 6) is 0.475. The van der Waals surface area contributed by atoms with E-state index in [-0.39, 0.29) is 11.3 Å². The molecule has 2 aromatic rings. The molecule has 1 fully saturated rings. The molecule has 0 unspecified atom stereocenters. The van der Waals surface area contributed by atoms with Gasteiger partial charge in [-0.25, -0.2) is 0 Å². The number of nitrogens with two attached hydrogens (primary N) is 1. The van der Waals surface area contributed by atoms with Gasteiger partial charge in [-0.15, -0.1) is 0 Å². The molecular formula is C16H17ClN2O2. The second-order valence-corrected chi connectivity index (χ2v) is 5.92. The maximum atomic E-state index is 12.1. The first-order valence-electron chi connectivity index (χ1n) is 6.95. The van der Waals surface area contributed by atoms with Gasteiger partial charge in [-0.2, -0.15) is 0 Å². The van der Waals surface area contributed by atoms with Crippen LogP contribution in [-0.4, -0.2) is 12.5 Å². The minimum atomic E-state index is -0.133. The second kappa shape index (κ2) is 5.54. The Morgan fingerprint density at radius 1 is 1.38 bits per heavy atom. The number of nitrogens with one attached hydrogen (secondary N) is 1. The normalized spacial score (nSPS) is 15.7. The topological polar surface area (TPSA) is 68.3 Å². The van der Waals surface area contributed by atoms with Crippen LogP contribution in [0.15, 0.2) is 41.0 Å². The zero-order valence-electron chi connectivity index (χ0n) is 11.6. The van der Waals surface area contributed by atoms with Gasteiger partial charge in [0.1, 0.15) is 12.0 Å². The molecular weight excluding hydrogens is 288 g/mol. The summed E-state index contributed by atoms with van der Waals surface area (Å²) in [6.45, 7) is 0.898. The lowest BCUT2D eigenvalue weighted by molar-refractivity contribution is 0.0949. The second-order valence-electron chi connectivity index (χ2n) is 5.48. The Morgan fingerprint density at radius 2 is 2.19 bits per heavy atom. The van der Waals surface area contributed by atoms with Gasteiger partial charge in [0, 0.05) is 17.0 Å². The average Bonchev–Trinajstić information content (AvgIpc) is 3.13. The maximum Gasteiger partial charge on any atom is 0.254 e. The minimum absolute atomic E-state index is 0.0288. The molecule has 110 valence electrons. The number of furan rings is 1. The van der Waals surface area contributed by atoms with Crippen molar-refractivity contribution in [2.75, 3.05) is 6.54 Å². The van der Waals surface area contributed by atoms with E-state index in [0.717, 1.165) is 17.9 Å². The van der Waals surface area contributed by atoms with Crippen LogP contribution < -0.4 is 11.1 Å². The van der Waals surface area contributed by atoms with Crippen molar-refractivity contribution in [3.63, 3.8) is 0 Å². The molecule has 0 radical (unpaired) electrons. The number of benzene rings is 1. The molecule has 1 aromatic heterocycles. The number of carbonyl (C=O) groups is 1. The van der Waals surface area contributed by atoms with Gasteiger partial charge in [-0.3, -0.25) is 4.79 Å². The summed E-state index contributed by atoms with van der Waals surface area (Å²) in [5, 5.41) is 3.70. The molecule has 4 nitrogen and oxygen atoms in total. The lowest BCUT2D eigenvalue weighted by Crippen LogP contribution is -2.32. The fourth-order valence-corrected chi connectivity index (χ4v) is 2.69. The van der Waals surface area contributed by atoms with Gasteiger partial charge >= 0.3 is 0 Å². The van der Waals surface area contributed by atoms with Crippen molar-refractivity contribution >= 4 is 17.5 Å². The number of hydrogen-bond acceptors (Lipinski definition) is 3. The Morgan fingerprint density at radius 3 is 2.81 bits per heavy atom. The quantitative estimate of drug-likeness (QED) is 0.892. The molecule has 1 aliphatic rings. The molecule has 21 heavy (non-hydrogen) atoms. The van der Waals surface area contributed by atoms with Crippen LogP contribution in [0.5, 0.6) is 0 Å². The van der Waals surface area contributed by atoms with Gasteiger partial charge in [0.05, 0.1) is 12.1 Å². The monoisotopic (exact) mass is 304 g/mol. The number of halogens is 1. The molecule has 1 amide bonds. The van der Waals surface area contributed by atoms with E-state index in [0.29, 0.717) is 24.4 Å². The predicted octanol–water partition coefficient (Wildman–Crippen LogP) is 2.85. The highest BCUT2D eigenvalue weighted by Crippen LogP contribution is 2.48. The smallest absolute Gasteiger partial charge is 0.254 e. The van der Waals surface area contributed by atoms with E-state index >= 15 is 0 Å². The Labute approximate surface area is 128 Å². The van der Waals surface area contributed by atoms with Crippen LogP contribution in [-0.2, 0) is 12.0 Å². The van der Waals surface area contributed by atoms with E-state index in [1.165, 1.54) is 11.8 Å². The summed E-state index contributed by atoms with van der Waals surface area (Å²) >= 11 is 6.04. The van der Waals surface area contributed by atoms with Crippen LogP contribution in [0.3, 0.4) is 0 Å². The maximum absolute atomic E-state index is 12.1. The number of carbonyl (C=O) groups excluding carboxylic acids is 1. The lowest BCUT2D eigenvalue weighted by atomic mass is 9.96. The zero-order chi connectivity index (χ0) is 14.9. The first kappa shape index (κ1) is 14.2. The van der Waals surface area contributed by atoms with Gasteiger partial charge in [-0.05, 0) is 36.6 Å². The highest BCUT2D eigenvalue weighted by molar-refractivity contribution is 6.30. The van der Waals surface area contributed by atoms with Crippen LogP contribution >= 0.6 is 11.6 Å². The molecule has 0 aliphatic heterocycles. The molecule has 1 aromatic carbocycles. The van der Waals surface area contributed by atoms with E-state index in [4.69, 9.17) is 21.8 Å². The van der Waals surface area contributed by atoms with E-state index in [1.807, 2.05) is 18.2 Å². The first-order chi connectivity index (χ1) is 10.1. The first-order valence-corrected chi connectivity index (χ1v) is 7.32. The molecule has 3 N–H and O–H groups in total. The fraction of sp³-hybridized carbons (Fsp3) is 0.312. The van der Waals surface area contributed by atoms with Crippen LogP contribution in [0.2, 0.25) is 5.02 Å². The van der Waals surface area contributed by atoms with Crippen molar-refractivity contribution in [3.8, 4) is 0 Å².